The molecular formula is C15H17BrN4. The Labute approximate surface area is 126 Å². The Morgan fingerprint density at radius 3 is 2.65 bits per heavy atom. The fraction of sp³-hybridized carbons (Fsp3) is 0.267. The molecule has 104 valence electrons. The predicted octanol–water partition coefficient (Wildman–Crippen LogP) is 2.96. The van der Waals surface area contributed by atoms with Gasteiger partial charge in [-0.15, -0.1) is 0 Å². The molecule has 0 fully saturated rings. The Kier molecular flexibility index (Phi) is 3.63. The van der Waals surface area contributed by atoms with Crippen molar-refractivity contribution in [1.82, 2.24) is 19.7 Å². The van der Waals surface area contributed by atoms with Gasteiger partial charge < -0.3 is 9.88 Å². The second kappa shape index (κ2) is 5.42. The minimum absolute atomic E-state index is 0.810. The lowest BCUT2D eigenvalue weighted by atomic mass is 10.2. The van der Waals surface area contributed by atoms with Crippen LogP contribution in [0.15, 0.2) is 41.0 Å². The lowest BCUT2D eigenvalue weighted by Crippen LogP contribution is -2.17. The molecule has 0 unspecified atom stereocenters. The molecule has 0 aliphatic rings. The van der Waals surface area contributed by atoms with Gasteiger partial charge in [-0.05, 0) is 28.1 Å². The quantitative estimate of drug-likeness (QED) is 0.797. The average Bonchev–Trinajstić information content (AvgIpc) is 2.97. The molecule has 3 rings (SSSR count). The van der Waals surface area contributed by atoms with Gasteiger partial charge in [0.1, 0.15) is 0 Å². The molecular weight excluding hydrogens is 316 g/mol. The maximum Gasteiger partial charge on any atom is 0.0518 e. The molecule has 0 aliphatic heterocycles. The first kappa shape index (κ1) is 13.4. The van der Waals surface area contributed by atoms with E-state index in [1.165, 1.54) is 26.8 Å². The third-order valence-electron chi connectivity index (χ3n) is 3.68. The van der Waals surface area contributed by atoms with Gasteiger partial charge in [-0.3, -0.25) is 4.68 Å². The summed E-state index contributed by atoms with van der Waals surface area (Å²) in [6.07, 6.45) is 1.82. The van der Waals surface area contributed by atoms with Crippen molar-refractivity contribution in [2.24, 2.45) is 14.1 Å². The van der Waals surface area contributed by atoms with Gasteiger partial charge in [0, 0.05) is 54.5 Å². The van der Waals surface area contributed by atoms with Crippen LogP contribution in [0.25, 0.3) is 10.9 Å². The van der Waals surface area contributed by atoms with E-state index >= 15 is 0 Å². The Morgan fingerprint density at radius 2 is 1.95 bits per heavy atom. The van der Waals surface area contributed by atoms with E-state index in [-0.39, 0.29) is 0 Å². The van der Waals surface area contributed by atoms with E-state index in [2.05, 4.69) is 62.2 Å². The minimum atomic E-state index is 0.810. The number of aromatic nitrogens is 3. The molecule has 20 heavy (non-hydrogen) atoms. The zero-order valence-electron chi connectivity index (χ0n) is 11.6. The van der Waals surface area contributed by atoms with E-state index in [9.17, 15) is 0 Å². The number of para-hydroxylation sites is 1. The van der Waals surface area contributed by atoms with Crippen LogP contribution < -0.4 is 5.32 Å². The summed E-state index contributed by atoms with van der Waals surface area (Å²) in [6, 6.07) is 10.5. The zero-order chi connectivity index (χ0) is 14.1. The van der Waals surface area contributed by atoms with Crippen LogP contribution in [0.3, 0.4) is 0 Å². The molecule has 1 aromatic carbocycles. The highest BCUT2D eigenvalue weighted by molar-refractivity contribution is 9.10. The molecule has 2 heterocycles. The fourth-order valence-corrected chi connectivity index (χ4v) is 3.22. The summed E-state index contributed by atoms with van der Waals surface area (Å²) in [5, 5.41) is 8.91. The molecule has 5 heteroatoms. The summed E-state index contributed by atoms with van der Waals surface area (Å²) in [5.74, 6) is 0. The van der Waals surface area contributed by atoms with Gasteiger partial charge in [0.25, 0.3) is 0 Å². The molecule has 3 aromatic rings. The van der Waals surface area contributed by atoms with Gasteiger partial charge >= 0.3 is 0 Å². The van der Waals surface area contributed by atoms with Crippen molar-refractivity contribution in [2.75, 3.05) is 0 Å². The Morgan fingerprint density at radius 1 is 1.15 bits per heavy atom. The first-order valence-corrected chi connectivity index (χ1v) is 7.37. The summed E-state index contributed by atoms with van der Waals surface area (Å²) < 4.78 is 5.30. The van der Waals surface area contributed by atoms with Crippen LogP contribution in [0.5, 0.6) is 0 Å². The van der Waals surface area contributed by atoms with Crippen LogP contribution in [-0.4, -0.2) is 14.3 Å². The molecule has 2 aromatic heterocycles. The number of rotatable bonds is 4. The molecule has 0 aliphatic carbocycles. The van der Waals surface area contributed by atoms with Crippen LogP contribution >= 0.6 is 15.9 Å². The van der Waals surface area contributed by atoms with E-state index in [1.54, 1.807) is 0 Å². The SMILES string of the molecule is Cn1nccc1CNCc1c(Br)c2ccccc2n1C. The van der Waals surface area contributed by atoms with E-state index < -0.39 is 0 Å². The molecule has 1 N–H and O–H groups in total. The van der Waals surface area contributed by atoms with E-state index in [0.29, 0.717) is 0 Å². The van der Waals surface area contributed by atoms with Gasteiger partial charge in [-0.25, -0.2) is 0 Å². The molecule has 4 nitrogen and oxygen atoms in total. The molecule has 0 spiro atoms. The largest absolute Gasteiger partial charge is 0.345 e. The smallest absolute Gasteiger partial charge is 0.0518 e. The monoisotopic (exact) mass is 332 g/mol. The minimum Gasteiger partial charge on any atom is -0.345 e. The highest BCUT2D eigenvalue weighted by atomic mass is 79.9. The van der Waals surface area contributed by atoms with Crippen LogP contribution in [0.4, 0.5) is 0 Å². The maximum absolute atomic E-state index is 4.17. The molecule has 0 amide bonds. The summed E-state index contributed by atoms with van der Waals surface area (Å²) >= 11 is 3.72. The van der Waals surface area contributed by atoms with Crippen LogP contribution in [0, 0.1) is 0 Å². The lowest BCUT2D eigenvalue weighted by molar-refractivity contribution is 0.610. The number of fused-ring (bicyclic) bond motifs is 1. The third-order valence-corrected chi connectivity index (χ3v) is 4.57. The second-order valence-corrected chi connectivity index (χ2v) is 5.68. The van der Waals surface area contributed by atoms with E-state index in [4.69, 9.17) is 0 Å². The first-order chi connectivity index (χ1) is 9.68. The van der Waals surface area contributed by atoms with Crippen molar-refractivity contribution in [3.63, 3.8) is 0 Å². The summed E-state index contributed by atoms with van der Waals surface area (Å²) in [7, 11) is 4.07. The Hall–Kier alpha value is -1.59. The summed E-state index contributed by atoms with van der Waals surface area (Å²) in [4.78, 5) is 0. The standard InChI is InChI=1S/C15H17BrN4/c1-19-13-6-4-3-5-12(13)15(16)14(19)10-17-9-11-7-8-18-20(11)2/h3-8,17H,9-10H2,1-2H3. The molecule has 0 bridgehead atoms. The number of nitrogens with one attached hydrogen (secondary N) is 1. The number of hydrogen-bond donors (Lipinski definition) is 1. The Bertz CT molecular complexity index is 702. The number of nitrogens with zero attached hydrogens (tertiary/aromatic N) is 3. The van der Waals surface area contributed by atoms with Gasteiger partial charge in [0.15, 0.2) is 0 Å². The van der Waals surface area contributed by atoms with Crippen LogP contribution in [0.1, 0.15) is 11.4 Å². The topological polar surface area (TPSA) is 34.8 Å². The number of hydrogen-bond acceptors (Lipinski definition) is 2. The zero-order valence-corrected chi connectivity index (χ0v) is 13.2. The van der Waals surface area contributed by atoms with Crippen molar-refractivity contribution >= 4 is 26.8 Å². The van der Waals surface area contributed by atoms with Crippen molar-refractivity contribution < 1.29 is 0 Å². The van der Waals surface area contributed by atoms with Crippen LogP contribution in [0.2, 0.25) is 0 Å². The Balaban J connectivity index is 1.79. The number of benzene rings is 1. The van der Waals surface area contributed by atoms with E-state index in [0.717, 1.165) is 13.1 Å². The second-order valence-electron chi connectivity index (χ2n) is 4.89. The van der Waals surface area contributed by atoms with Crippen LogP contribution in [-0.2, 0) is 27.2 Å². The normalized spacial score (nSPS) is 11.3. The average molecular weight is 333 g/mol. The van der Waals surface area contributed by atoms with Crippen molar-refractivity contribution in [3.8, 4) is 0 Å². The van der Waals surface area contributed by atoms with Crippen molar-refractivity contribution in [2.45, 2.75) is 13.1 Å². The van der Waals surface area contributed by atoms with Gasteiger partial charge in [0.2, 0.25) is 0 Å². The van der Waals surface area contributed by atoms with Gasteiger partial charge in [-0.1, -0.05) is 18.2 Å². The van der Waals surface area contributed by atoms with Crippen molar-refractivity contribution in [1.29, 1.82) is 0 Å². The molecule has 0 radical (unpaired) electrons. The summed E-state index contributed by atoms with van der Waals surface area (Å²) in [6.45, 7) is 1.63. The molecule has 0 atom stereocenters. The van der Waals surface area contributed by atoms with Gasteiger partial charge in [0.05, 0.1) is 5.69 Å². The van der Waals surface area contributed by atoms with E-state index in [1.807, 2.05) is 24.0 Å². The first-order valence-electron chi connectivity index (χ1n) is 6.58. The third kappa shape index (κ3) is 2.27. The number of aryl methyl sites for hydroxylation is 2. The molecule has 0 saturated carbocycles. The molecule has 0 saturated heterocycles. The lowest BCUT2D eigenvalue weighted by Gasteiger charge is -2.07. The summed E-state index contributed by atoms with van der Waals surface area (Å²) in [5.41, 5.74) is 3.69. The maximum atomic E-state index is 4.17. The highest BCUT2D eigenvalue weighted by Crippen LogP contribution is 2.30. The van der Waals surface area contributed by atoms with Gasteiger partial charge in [-0.2, -0.15) is 5.10 Å². The van der Waals surface area contributed by atoms with Crippen molar-refractivity contribution in [3.05, 3.63) is 52.4 Å². The highest BCUT2D eigenvalue weighted by Gasteiger charge is 2.12. The number of halogens is 1. The fourth-order valence-electron chi connectivity index (χ4n) is 2.48. The predicted molar refractivity (Wildman–Crippen MR) is 84.4 cm³/mol.